The molecule has 0 radical (unpaired) electrons. The monoisotopic (exact) mass is 496 g/mol. The van der Waals surface area contributed by atoms with Crippen molar-refractivity contribution in [2.45, 2.75) is 24.2 Å². The molecule has 10 heteroatoms. The average molecular weight is 497 g/mol. The Bertz CT molecular complexity index is 1270. The SMILES string of the molecule is COc1ccc(NS(=O)(=O)c2cc(NC(=O)c3ccc(OC)nc3)ccc2N2CCCCC2)cc1. The molecule has 184 valence electrons. The molecule has 35 heavy (non-hydrogen) atoms. The predicted octanol–water partition coefficient (Wildman–Crippen LogP) is 4.14. The minimum Gasteiger partial charge on any atom is -0.497 e. The highest BCUT2D eigenvalue weighted by atomic mass is 32.2. The van der Waals surface area contributed by atoms with Gasteiger partial charge in [-0.05, 0) is 67.8 Å². The zero-order chi connectivity index (χ0) is 24.8. The maximum absolute atomic E-state index is 13.5. The van der Waals surface area contributed by atoms with Gasteiger partial charge in [0.05, 0.1) is 25.5 Å². The van der Waals surface area contributed by atoms with Crippen LogP contribution in [0.1, 0.15) is 29.6 Å². The highest BCUT2D eigenvalue weighted by Crippen LogP contribution is 2.32. The third-order valence-corrected chi connectivity index (χ3v) is 7.16. The number of amides is 1. The van der Waals surface area contributed by atoms with Gasteiger partial charge in [0, 0.05) is 36.7 Å². The number of pyridine rings is 1. The highest BCUT2D eigenvalue weighted by molar-refractivity contribution is 7.92. The second kappa shape index (κ2) is 10.6. The van der Waals surface area contributed by atoms with Gasteiger partial charge in [-0.2, -0.15) is 0 Å². The van der Waals surface area contributed by atoms with Crippen LogP contribution in [0, 0.1) is 0 Å². The Morgan fingerprint density at radius 2 is 1.63 bits per heavy atom. The number of sulfonamides is 1. The number of anilines is 3. The molecule has 2 aromatic carbocycles. The normalized spacial score (nSPS) is 13.7. The van der Waals surface area contributed by atoms with Crippen molar-refractivity contribution >= 4 is 33.0 Å². The van der Waals surface area contributed by atoms with Crippen molar-refractivity contribution in [2.24, 2.45) is 0 Å². The summed E-state index contributed by atoms with van der Waals surface area (Å²) in [4.78, 5) is 19.0. The van der Waals surface area contributed by atoms with Crippen LogP contribution in [-0.2, 0) is 10.0 Å². The van der Waals surface area contributed by atoms with Crippen molar-refractivity contribution in [1.29, 1.82) is 0 Å². The summed E-state index contributed by atoms with van der Waals surface area (Å²) in [6.45, 7) is 1.54. The van der Waals surface area contributed by atoms with Gasteiger partial charge in [0.15, 0.2) is 0 Å². The Morgan fingerprint density at radius 3 is 2.26 bits per heavy atom. The molecule has 1 saturated heterocycles. The van der Waals surface area contributed by atoms with Crippen LogP contribution < -0.4 is 24.4 Å². The molecule has 1 fully saturated rings. The molecule has 2 N–H and O–H groups in total. The van der Waals surface area contributed by atoms with Crippen LogP contribution in [0.4, 0.5) is 17.1 Å². The van der Waals surface area contributed by atoms with E-state index in [4.69, 9.17) is 9.47 Å². The second-order valence-corrected chi connectivity index (χ2v) is 9.76. The largest absolute Gasteiger partial charge is 0.497 e. The number of benzene rings is 2. The summed E-state index contributed by atoms with van der Waals surface area (Å²) in [5.74, 6) is 0.613. The smallest absolute Gasteiger partial charge is 0.264 e. The fourth-order valence-electron chi connectivity index (χ4n) is 3.91. The Labute approximate surface area is 205 Å². The van der Waals surface area contributed by atoms with E-state index < -0.39 is 15.9 Å². The molecule has 3 aromatic rings. The molecule has 1 amide bonds. The van der Waals surface area contributed by atoms with Gasteiger partial charge in [0.1, 0.15) is 10.6 Å². The van der Waals surface area contributed by atoms with E-state index in [0.29, 0.717) is 34.3 Å². The minimum atomic E-state index is -3.96. The van der Waals surface area contributed by atoms with Crippen LogP contribution in [0.5, 0.6) is 11.6 Å². The van der Waals surface area contributed by atoms with E-state index in [1.54, 1.807) is 55.6 Å². The van der Waals surface area contributed by atoms with E-state index in [9.17, 15) is 13.2 Å². The number of methoxy groups -OCH3 is 2. The number of hydrogen-bond donors (Lipinski definition) is 2. The first-order valence-electron chi connectivity index (χ1n) is 11.3. The standard InChI is InChI=1S/C25H28N4O5S/c1-33-21-10-7-19(8-11-21)28-35(31,32)23-16-20(9-12-22(23)29-14-4-3-5-15-29)27-25(30)18-6-13-24(34-2)26-17-18/h6-13,16-17,28H,3-5,14-15H2,1-2H3,(H,27,30). The Kier molecular flexibility index (Phi) is 7.40. The molecular formula is C25H28N4O5S. The van der Waals surface area contributed by atoms with Gasteiger partial charge in [-0.15, -0.1) is 0 Å². The molecule has 1 aliphatic heterocycles. The van der Waals surface area contributed by atoms with Gasteiger partial charge in [-0.3, -0.25) is 9.52 Å². The summed E-state index contributed by atoms with van der Waals surface area (Å²) in [5, 5.41) is 2.77. The fraction of sp³-hybridized carbons (Fsp3) is 0.280. The van der Waals surface area contributed by atoms with Crippen molar-refractivity contribution in [3.63, 3.8) is 0 Å². The first-order valence-corrected chi connectivity index (χ1v) is 12.8. The predicted molar refractivity (Wildman–Crippen MR) is 135 cm³/mol. The first kappa shape index (κ1) is 24.3. The van der Waals surface area contributed by atoms with Crippen LogP contribution in [0.2, 0.25) is 0 Å². The summed E-state index contributed by atoms with van der Waals surface area (Å²) in [5.41, 5.74) is 1.71. The number of piperidine rings is 1. The summed E-state index contributed by atoms with van der Waals surface area (Å²) >= 11 is 0. The molecule has 0 saturated carbocycles. The summed E-state index contributed by atoms with van der Waals surface area (Å²) in [6, 6.07) is 14.8. The van der Waals surface area contributed by atoms with Crippen LogP contribution in [0.3, 0.4) is 0 Å². The maximum atomic E-state index is 13.5. The summed E-state index contributed by atoms with van der Waals surface area (Å²) in [6.07, 6.45) is 4.51. The lowest BCUT2D eigenvalue weighted by atomic mass is 10.1. The van der Waals surface area contributed by atoms with E-state index in [-0.39, 0.29) is 4.90 Å². The number of carbonyl (C=O) groups excluding carboxylic acids is 1. The molecule has 9 nitrogen and oxygen atoms in total. The van der Waals surface area contributed by atoms with E-state index in [1.165, 1.54) is 19.4 Å². The van der Waals surface area contributed by atoms with E-state index >= 15 is 0 Å². The van der Waals surface area contributed by atoms with E-state index in [0.717, 1.165) is 32.4 Å². The zero-order valence-corrected chi connectivity index (χ0v) is 20.5. The molecule has 1 aliphatic rings. The molecule has 0 spiro atoms. The lowest BCUT2D eigenvalue weighted by molar-refractivity contribution is 0.102. The second-order valence-electron chi connectivity index (χ2n) is 8.11. The molecular weight excluding hydrogens is 468 g/mol. The Morgan fingerprint density at radius 1 is 0.914 bits per heavy atom. The van der Waals surface area contributed by atoms with E-state index in [1.807, 2.05) is 0 Å². The third-order valence-electron chi connectivity index (χ3n) is 5.75. The number of ether oxygens (including phenoxy) is 2. The van der Waals surface area contributed by atoms with Gasteiger partial charge in [0.2, 0.25) is 5.88 Å². The summed E-state index contributed by atoms with van der Waals surface area (Å²) < 4.78 is 39.8. The van der Waals surface area contributed by atoms with Gasteiger partial charge >= 0.3 is 0 Å². The minimum absolute atomic E-state index is 0.0980. The van der Waals surface area contributed by atoms with Gasteiger partial charge in [0.25, 0.3) is 15.9 Å². The van der Waals surface area contributed by atoms with Gasteiger partial charge in [-0.25, -0.2) is 13.4 Å². The average Bonchev–Trinajstić information content (AvgIpc) is 2.89. The fourth-order valence-corrected chi connectivity index (χ4v) is 5.22. The van der Waals surface area contributed by atoms with Crippen molar-refractivity contribution < 1.29 is 22.7 Å². The van der Waals surface area contributed by atoms with Gasteiger partial charge in [-0.1, -0.05) is 0 Å². The molecule has 0 bridgehead atoms. The number of nitrogens with zero attached hydrogens (tertiary/aromatic N) is 2. The lowest BCUT2D eigenvalue weighted by Crippen LogP contribution is -2.31. The van der Waals surface area contributed by atoms with E-state index in [2.05, 4.69) is 19.9 Å². The number of aromatic nitrogens is 1. The Hall–Kier alpha value is -3.79. The Balaban J connectivity index is 1.65. The topological polar surface area (TPSA) is 110 Å². The molecule has 0 aliphatic carbocycles. The van der Waals surface area contributed by atoms with Crippen LogP contribution in [0.15, 0.2) is 65.7 Å². The summed E-state index contributed by atoms with van der Waals surface area (Å²) in [7, 11) is -0.916. The molecule has 4 rings (SSSR count). The zero-order valence-electron chi connectivity index (χ0n) is 19.7. The van der Waals surface area contributed by atoms with Crippen molar-refractivity contribution in [2.75, 3.05) is 42.2 Å². The number of hydrogen-bond acceptors (Lipinski definition) is 7. The number of nitrogens with one attached hydrogen (secondary N) is 2. The maximum Gasteiger partial charge on any atom is 0.264 e. The quantitative estimate of drug-likeness (QED) is 0.482. The molecule has 1 aromatic heterocycles. The lowest BCUT2D eigenvalue weighted by Gasteiger charge is -2.30. The van der Waals surface area contributed by atoms with Crippen LogP contribution in [0.25, 0.3) is 0 Å². The number of carbonyl (C=O) groups is 1. The van der Waals surface area contributed by atoms with Gasteiger partial charge < -0.3 is 19.7 Å². The van der Waals surface area contributed by atoms with Crippen LogP contribution >= 0.6 is 0 Å². The first-order chi connectivity index (χ1) is 16.9. The van der Waals surface area contributed by atoms with Crippen molar-refractivity contribution in [1.82, 2.24) is 4.98 Å². The van der Waals surface area contributed by atoms with Crippen LogP contribution in [-0.4, -0.2) is 46.6 Å². The van der Waals surface area contributed by atoms with Crippen molar-refractivity contribution in [3.05, 3.63) is 66.4 Å². The highest BCUT2D eigenvalue weighted by Gasteiger charge is 2.24. The molecule has 2 heterocycles. The third kappa shape index (κ3) is 5.83. The molecule has 0 unspecified atom stereocenters. The number of rotatable bonds is 8. The van der Waals surface area contributed by atoms with Crippen molar-refractivity contribution in [3.8, 4) is 11.6 Å². The molecule has 0 atom stereocenters.